The Morgan fingerprint density at radius 3 is 2.35 bits per heavy atom. The number of halogens is 2. The molecule has 3 aromatic rings. The summed E-state index contributed by atoms with van der Waals surface area (Å²) in [6.45, 7) is -2.74. The molecule has 0 saturated carbocycles. The van der Waals surface area contributed by atoms with Crippen molar-refractivity contribution in [3.63, 3.8) is 0 Å². The number of benzene rings is 2. The molecule has 0 radical (unpaired) electrons. The van der Waals surface area contributed by atoms with E-state index in [1.807, 2.05) is 54.9 Å². The van der Waals surface area contributed by atoms with Gasteiger partial charge in [-0.15, -0.1) is 0 Å². The number of anilines is 1. The Balaban J connectivity index is 1.63. The van der Waals surface area contributed by atoms with Gasteiger partial charge in [-0.2, -0.15) is 13.3 Å². The highest BCUT2D eigenvalue weighted by molar-refractivity contribution is 5.89. The predicted molar refractivity (Wildman–Crippen MR) is 93.8 cm³/mol. The number of hydrogen-bond donors (Lipinski definition) is 1. The van der Waals surface area contributed by atoms with Gasteiger partial charge in [0, 0.05) is 17.3 Å². The number of carbonyl (C=O) groups is 1. The third kappa shape index (κ3) is 4.86. The third-order valence-electron chi connectivity index (χ3n) is 3.65. The zero-order valence-electron chi connectivity index (χ0n) is 13.8. The Hall–Kier alpha value is -3.28. The lowest BCUT2D eigenvalue weighted by atomic mass is 10.1. The third-order valence-corrected chi connectivity index (χ3v) is 3.65. The van der Waals surface area contributed by atoms with E-state index in [0.717, 1.165) is 11.1 Å². The minimum absolute atomic E-state index is 0.0444. The molecule has 4 nitrogen and oxygen atoms in total. The van der Waals surface area contributed by atoms with Crippen molar-refractivity contribution in [3.8, 4) is 16.9 Å². The quantitative estimate of drug-likeness (QED) is 0.682. The lowest BCUT2D eigenvalue weighted by Gasteiger charge is -2.07. The predicted octanol–water partition coefficient (Wildman–Crippen LogP) is 3.88. The molecule has 0 atom stereocenters. The number of rotatable bonds is 6. The van der Waals surface area contributed by atoms with Gasteiger partial charge in [0.25, 0.3) is 5.91 Å². The van der Waals surface area contributed by atoms with Crippen molar-refractivity contribution in [1.82, 2.24) is 0 Å². The number of nitrogens with one attached hydrogen (secondary N) is 1. The summed E-state index contributed by atoms with van der Waals surface area (Å²) in [6, 6.07) is 19.5. The summed E-state index contributed by atoms with van der Waals surface area (Å²) in [5, 5.41) is 2.73. The maximum absolute atomic E-state index is 12.2. The molecular weight excluding hydrogens is 338 g/mol. The maximum atomic E-state index is 12.2. The van der Waals surface area contributed by atoms with Crippen molar-refractivity contribution in [1.29, 1.82) is 0 Å². The molecule has 0 fully saturated rings. The molecule has 0 aliphatic carbocycles. The topological polar surface area (TPSA) is 42.2 Å². The molecule has 0 aliphatic heterocycles. The van der Waals surface area contributed by atoms with E-state index in [1.54, 1.807) is 4.57 Å². The van der Waals surface area contributed by atoms with Crippen LogP contribution in [0.1, 0.15) is 0 Å². The van der Waals surface area contributed by atoms with E-state index < -0.39 is 6.61 Å². The van der Waals surface area contributed by atoms with Crippen LogP contribution in [-0.2, 0) is 11.3 Å². The van der Waals surface area contributed by atoms with Crippen LogP contribution < -0.4 is 14.6 Å². The van der Waals surface area contributed by atoms with E-state index in [1.165, 1.54) is 24.3 Å². The zero-order valence-corrected chi connectivity index (χ0v) is 13.8. The SMILES string of the molecule is O=C(C[n+]1cccc(-c2ccccc2)c1)Nc1ccc(OC(F)F)cc1. The van der Waals surface area contributed by atoms with E-state index in [2.05, 4.69) is 10.1 Å². The molecule has 1 amide bonds. The van der Waals surface area contributed by atoms with Crippen molar-refractivity contribution in [2.24, 2.45) is 0 Å². The van der Waals surface area contributed by atoms with Gasteiger partial charge < -0.3 is 10.1 Å². The van der Waals surface area contributed by atoms with Gasteiger partial charge in [0.2, 0.25) is 6.54 Å². The Labute approximate surface area is 149 Å². The minimum Gasteiger partial charge on any atom is -0.435 e. The average Bonchev–Trinajstić information content (AvgIpc) is 2.64. The van der Waals surface area contributed by atoms with Crippen LogP contribution in [0.5, 0.6) is 5.75 Å². The van der Waals surface area contributed by atoms with E-state index >= 15 is 0 Å². The molecule has 26 heavy (non-hydrogen) atoms. The lowest BCUT2D eigenvalue weighted by molar-refractivity contribution is -0.683. The largest absolute Gasteiger partial charge is 0.435 e. The Bertz CT molecular complexity index is 868. The number of ether oxygens (including phenoxy) is 1. The molecule has 1 aromatic heterocycles. The first-order valence-electron chi connectivity index (χ1n) is 7.99. The van der Waals surface area contributed by atoms with Gasteiger partial charge in [-0.3, -0.25) is 4.79 Å². The van der Waals surface area contributed by atoms with Gasteiger partial charge in [-0.05, 0) is 35.9 Å². The number of aromatic nitrogens is 1. The highest BCUT2D eigenvalue weighted by atomic mass is 19.3. The highest BCUT2D eigenvalue weighted by Gasteiger charge is 2.11. The summed E-state index contributed by atoms with van der Waals surface area (Å²) in [6.07, 6.45) is 3.71. The molecule has 0 unspecified atom stereocenters. The number of nitrogens with zero attached hydrogens (tertiary/aromatic N) is 1. The van der Waals surface area contributed by atoms with Crippen molar-refractivity contribution in [3.05, 3.63) is 79.1 Å². The number of amides is 1. The number of carbonyl (C=O) groups excluding carboxylic acids is 1. The van der Waals surface area contributed by atoms with Gasteiger partial charge in [0.1, 0.15) is 5.75 Å². The maximum Gasteiger partial charge on any atom is 0.387 e. The van der Waals surface area contributed by atoms with Crippen LogP contribution in [0.15, 0.2) is 79.1 Å². The molecule has 0 aliphatic rings. The van der Waals surface area contributed by atoms with Crippen LogP contribution in [0.2, 0.25) is 0 Å². The normalized spacial score (nSPS) is 10.6. The average molecular weight is 355 g/mol. The van der Waals surface area contributed by atoms with Crippen LogP contribution in [0.25, 0.3) is 11.1 Å². The molecule has 0 saturated heterocycles. The number of hydrogen-bond acceptors (Lipinski definition) is 2. The fourth-order valence-electron chi connectivity index (χ4n) is 2.51. The molecule has 1 N–H and O–H groups in total. The van der Waals surface area contributed by atoms with Crippen LogP contribution in [0, 0.1) is 0 Å². The summed E-state index contributed by atoms with van der Waals surface area (Å²) >= 11 is 0. The molecule has 0 spiro atoms. The molecule has 132 valence electrons. The van der Waals surface area contributed by atoms with E-state index in [0.29, 0.717) is 5.69 Å². The fraction of sp³-hybridized carbons (Fsp3) is 0.100. The molecule has 6 heteroatoms. The van der Waals surface area contributed by atoms with Crippen molar-refractivity contribution in [2.45, 2.75) is 13.2 Å². The fourth-order valence-corrected chi connectivity index (χ4v) is 2.51. The van der Waals surface area contributed by atoms with Crippen LogP contribution in [0.4, 0.5) is 14.5 Å². The minimum atomic E-state index is -2.87. The molecule has 2 aromatic carbocycles. The second-order valence-electron chi connectivity index (χ2n) is 5.58. The van der Waals surface area contributed by atoms with Gasteiger partial charge >= 0.3 is 6.61 Å². The highest BCUT2D eigenvalue weighted by Crippen LogP contribution is 2.18. The van der Waals surface area contributed by atoms with E-state index in [-0.39, 0.29) is 18.2 Å². The van der Waals surface area contributed by atoms with Crippen molar-refractivity contribution >= 4 is 11.6 Å². The van der Waals surface area contributed by atoms with Gasteiger partial charge in [-0.1, -0.05) is 30.3 Å². The van der Waals surface area contributed by atoms with Crippen LogP contribution >= 0.6 is 0 Å². The summed E-state index contributed by atoms with van der Waals surface area (Å²) in [5.41, 5.74) is 2.59. The zero-order chi connectivity index (χ0) is 18.4. The molecular formula is C20H17F2N2O2+. The lowest BCUT2D eigenvalue weighted by Crippen LogP contribution is -2.39. The molecule has 1 heterocycles. The first-order valence-corrected chi connectivity index (χ1v) is 7.99. The summed E-state index contributed by atoms with van der Waals surface area (Å²) in [7, 11) is 0. The van der Waals surface area contributed by atoms with E-state index in [9.17, 15) is 13.6 Å². The second kappa shape index (κ2) is 8.20. The standard InChI is InChI=1S/C20H16F2N2O2/c21-20(22)26-18-10-8-17(9-11-18)23-19(25)14-24-12-4-7-16(13-24)15-5-2-1-3-6-15/h1-13,20H,14H2/p+1. The van der Waals surface area contributed by atoms with Crippen LogP contribution in [-0.4, -0.2) is 12.5 Å². The number of alkyl halides is 2. The van der Waals surface area contributed by atoms with Crippen molar-refractivity contribution in [2.75, 3.05) is 5.32 Å². The summed E-state index contributed by atoms with van der Waals surface area (Å²) < 4.78 is 30.3. The van der Waals surface area contributed by atoms with E-state index in [4.69, 9.17) is 0 Å². The van der Waals surface area contributed by atoms with Crippen molar-refractivity contribution < 1.29 is 22.9 Å². The Kier molecular flexibility index (Phi) is 5.53. The van der Waals surface area contributed by atoms with Gasteiger partial charge in [-0.25, -0.2) is 0 Å². The Morgan fingerprint density at radius 2 is 1.65 bits per heavy atom. The molecule has 0 bridgehead atoms. The van der Waals surface area contributed by atoms with Gasteiger partial charge in [0.15, 0.2) is 12.4 Å². The van der Waals surface area contributed by atoms with Gasteiger partial charge in [0.05, 0.1) is 0 Å². The summed E-state index contributed by atoms with van der Waals surface area (Å²) in [5.74, 6) is -0.175. The Morgan fingerprint density at radius 1 is 0.962 bits per heavy atom. The number of pyridine rings is 1. The summed E-state index contributed by atoms with van der Waals surface area (Å²) in [4.78, 5) is 12.2. The molecule has 3 rings (SSSR count). The first kappa shape index (κ1) is 17.5. The first-order chi connectivity index (χ1) is 12.6. The monoisotopic (exact) mass is 355 g/mol. The smallest absolute Gasteiger partial charge is 0.387 e. The second-order valence-corrected chi connectivity index (χ2v) is 5.58. The van der Waals surface area contributed by atoms with Crippen LogP contribution in [0.3, 0.4) is 0 Å².